The second-order valence-electron chi connectivity index (χ2n) is 10.2. The highest BCUT2D eigenvalue weighted by Crippen LogP contribution is 2.56. The first-order valence-electron chi connectivity index (χ1n) is 12.8. The number of carbonyl (C=O) groups excluding carboxylic acids is 1. The summed E-state index contributed by atoms with van der Waals surface area (Å²) in [5.74, 6) is -0.0132. The molecule has 1 saturated carbocycles. The molecule has 2 aromatic heterocycles. The second-order valence-corrected chi connectivity index (χ2v) is 10.2. The van der Waals surface area contributed by atoms with Gasteiger partial charge in [-0.3, -0.25) is 4.79 Å². The fraction of sp³-hybridized carbons (Fsp3) is 0.290. The van der Waals surface area contributed by atoms with Gasteiger partial charge in [0.05, 0.1) is 17.5 Å². The summed E-state index contributed by atoms with van der Waals surface area (Å²) in [5.41, 5.74) is 6.70. The molecule has 0 saturated heterocycles. The molecule has 2 aromatic carbocycles. The summed E-state index contributed by atoms with van der Waals surface area (Å²) in [4.78, 5) is 31.4. The van der Waals surface area contributed by atoms with Crippen LogP contribution in [0.4, 0.5) is 0 Å². The zero-order chi connectivity index (χ0) is 25.6. The molecule has 37 heavy (non-hydrogen) atoms. The van der Waals surface area contributed by atoms with Gasteiger partial charge in [0.25, 0.3) is 0 Å². The average molecular weight is 486 g/mol. The van der Waals surface area contributed by atoms with Gasteiger partial charge in [-0.05, 0) is 43.2 Å². The standard InChI is InChI=1S/C31H27N5O/c1-19-27-13-12-26-28(22-10-8-21(9-11-22)24-16-33-18-34-17-24)35-20(2)36-30(26)31(27,14-23(15-32)29(19)37)25-6-4-3-5-7-25/h3-11,16-19,23,27H,12-14H2,1-2H3/t19-,23?,27-,31-/m0/s1. The molecule has 2 heterocycles. The molecular weight excluding hydrogens is 458 g/mol. The van der Waals surface area contributed by atoms with Gasteiger partial charge in [0, 0.05) is 40.4 Å². The van der Waals surface area contributed by atoms with Gasteiger partial charge in [-0.25, -0.2) is 19.9 Å². The average Bonchev–Trinajstić information content (AvgIpc) is 2.95. The maximum atomic E-state index is 13.1. The predicted molar refractivity (Wildman–Crippen MR) is 140 cm³/mol. The normalized spacial score (nSPS) is 24.6. The minimum atomic E-state index is -0.650. The maximum absolute atomic E-state index is 13.1. The number of carbonyl (C=O) groups is 1. The third kappa shape index (κ3) is 3.65. The number of nitriles is 1. The SMILES string of the molecule is Cc1nc(-c2ccc(-c3cncnc3)cc2)c2c(n1)[C@]1(c3ccccc3)CC(C#N)C(=O)[C@@H](C)[C@@H]1CC2. The summed E-state index contributed by atoms with van der Waals surface area (Å²) in [7, 11) is 0. The van der Waals surface area contributed by atoms with Crippen LogP contribution in [0.1, 0.15) is 42.4 Å². The van der Waals surface area contributed by atoms with E-state index in [0.29, 0.717) is 12.2 Å². The molecule has 0 radical (unpaired) electrons. The van der Waals surface area contributed by atoms with Crippen LogP contribution in [0.5, 0.6) is 0 Å². The molecule has 2 aliphatic carbocycles. The fourth-order valence-electron chi connectivity index (χ4n) is 6.61. The van der Waals surface area contributed by atoms with Crippen LogP contribution < -0.4 is 0 Å². The van der Waals surface area contributed by atoms with Gasteiger partial charge >= 0.3 is 0 Å². The summed E-state index contributed by atoms with van der Waals surface area (Å²) in [5, 5.41) is 9.97. The number of fused-ring (bicyclic) bond motifs is 3. The quantitative estimate of drug-likeness (QED) is 0.380. The zero-order valence-corrected chi connectivity index (χ0v) is 20.9. The first kappa shape index (κ1) is 23.2. The predicted octanol–water partition coefficient (Wildman–Crippen LogP) is 5.51. The Balaban J connectivity index is 1.54. The molecule has 0 spiro atoms. The number of aryl methyl sites for hydroxylation is 1. The van der Waals surface area contributed by atoms with Crippen LogP contribution in [0.25, 0.3) is 22.4 Å². The number of aromatic nitrogens is 4. The Morgan fingerprint density at radius 2 is 1.65 bits per heavy atom. The highest BCUT2D eigenvalue weighted by Gasteiger charge is 2.56. The number of rotatable bonds is 3. The van der Waals surface area contributed by atoms with E-state index in [2.05, 4.69) is 52.4 Å². The van der Waals surface area contributed by atoms with E-state index in [1.165, 1.54) is 6.33 Å². The summed E-state index contributed by atoms with van der Waals surface area (Å²) < 4.78 is 0. The number of nitrogens with zero attached hydrogens (tertiary/aromatic N) is 5. The Labute approximate surface area is 216 Å². The molecule has 0 N–H and O–H groups in total. The molecule has 1 fully saturated rings. The molecular formula is C31H27N5O. The summed E-state index contributed by atoms with van der Waals surface area (Å²) >= 11 is 0. The van der Waals surface area contributed by atoms with E-state index in [-0.39, 0.29) is 17.6 Å². The lowest BCUT2D eigenvalue weighted by Crippen LogP contribution is -2.53. The van der Waals surface area contributed by atoms with Gasteiger partial charge in [0.15, 0.2) is 5.78 Å². The van der Waals surface area contributed by atoms with E-state index >= 15 is 0 Å². The molecule has 4 atom stereocenters. The Morgan fingerprint density at radius 3 is 2.35 bits per heavy atom. The van der Waals surface area contributed by atoms with Crippen LogP contribution in [0.15, 0.2) is 73.3 Å². The van der Waals surface area contributed by atoms with Gasteiger partial charge in [-0.15, -0.1) is 0 Å². The van der Waals surface area contributed by atoms with Crippen molar-refractivity contribution >= 4 is 5.78 Å². The van der Waals surface area contributed by atoms with Crippen molar-refractivity contribution in [3.05, 3.63) is 96.0 Å². The number of benzene rings is 2. The van der Waals surface area contributed by atoms with E-state index in [1.54, 1.807) is 12.4 Å². The van der Waals surface area contributed by atoms with Crippen molar-refractivity contribution in [3.8, 4) is 28.5 Å². The number of hydrogen-bond acceptors (Lipinski definition) is 6. The smallest absolute Gasteiger partial charge is 0.153 e. The molecule has 0 amide bonds. The molecule has 6 nitrogen and oxygen atoms in total. The van der Waals surface area contributed by atoms with Gasteiger partial charge < -0.3 is 0 Å². The summed E-state index contributed by atoms with van der Waals surface area (Å²) in [6.45, 7) is 3.93. The van der Waals surface area contributed by atoms with Crippen LogP contribution in [-0.2, 0) is 16.6 Å². The van der Waals surface area contributed by atoms with E-state index < -0.39 is 11.3 Å². The molecule has 6 heteroatoms. The van der Waals surface area contributed by atoms with Crippen molar-refractivity contribution < 1.29 is 4.79 Å². The van der Waals surface area contributed by atoms with Crippen LogP contribution >= 0.6 is 0 Å². The van der Waals surface area contributed by atoms with Crippen molar-refractivity contribution in [2.45, 2.75) is 38.5 Å². The minimum absolute atomic E-state index is 0.0639. The van der Waals surface area contributed by atoms with Crippen LogP contribution in [-0.4, -0.2) is 25.7 Å². The topological polar surface area (TPSA) is 92.4 Å². The third-order valence-corrected chi connectivity index (χ3v) is 8.30. The van der Waals surface area contributed by atoms with Gasteiger partial charge in [0.1, 0.15) is 18.1 Å². The van der Waals surface area contributed by atoms with E-state index in [4.69, 9.17) is 9.97 Å². The molecule has 0 aliphatic heterocycles. The maximum Gasteiger partial charge on any atom is 0.153 e. The van der Waals surface area contributed by atoms with Crippen molar-refractivity contribution in [1.82, 2.24) is 19.9 Å². The summed E-state index contributed by atoms with van der Waals surface area (Å²) in [6, 6.07) is 21.0. The molecule has 0 bridgehead atoms. The van der Waals surface area contributed by atoms with Crippen molar-refractivity contribution in [1.29, 1.82) is 5.26 Å². The van der Waals surface area contributed by atoms with E-state index in [1.807, 2.05) is 32.0 Å². The van der Waals surface area contributed by atoms with Gasteiger partial charge in [-0.1, -0.05) is 61.5 Å². The monoisotopic (exact) mass is 485 g/mol. The Kier molecular flexibility index (Phi) is 5.64. The highest BCUT2D eigenvalue weighted by molar-refractivity contribution is 5.87. The second kappa shape index (κ2) is 9.01. The van der Waals surface area contributed by atoms with Gasteiger partial charge in [-0.2, -0.15) is 5.26 Å². The van der Waals surface area contributed by atoms with Crippen LogP contribution in [0, 0.1) is 36.0 Å². The molecule has 182 valence electrons. The van der Waals surface area contributed by atoms with Crippen molar-refractivity contribution in [2.75, 3.05) is 0 Å². The lowest BCUT2D eigenvalue weighted by molar-refractivity contribution is -0.131. The molecule has 6 rings (SSSR count). The Morgan fingerprint density at radius 1 is 0.946 bits per heavy atom. The van der Waals surface area contributed by atoms with Crippen LogP contribution in [0.3, 0.4) is 0 Å². The molecule has 4 aromatic rings. The molecule has 2 aliphatic rings. The number of ketones is 1. The van der Waals surface area contributed by atoms with Gasteiger partial charge in [0.2, 0.25) is 0 Å². The van der Waals surface area contributed by atoms with E-state index in [9.17, 15) is 10.1 Å². The van der Waals surface area contributed by atoms with Crippen LogP contribution in [0.2, 0.25) is 0 Å². The fourth-order valence-corrected chi connectivity index (χ4v) is 6.61. The Bertz CT molecular complexity index is 1510. The lowest BCUT2D eigenvalue weighted by atomic mass is 9.50. The third-order valence-electron chi connectivity index (χ3n) is 8.30. The van der Waals surface area contributed by atoms with Crippen molar-refractivity contribution in [3.63, 3.8) is 0 Å². The first-order valence-corrected chi connectivity index (χ1v) is 12.8. The van der Waals surface area contributed by atoms with Crippen molar-refractivity contribution in [2.24, 2.45) is 17.8 Å². The first-order chi connectivity index (χ1) is 18.0. The van der Waals surface area contributed by atoms with E-state index in [0.717, 1.165) is 52.0 Å². The summed E-state index contributed by atoms with van der Waals surface area (Å²) in [6.07, 6.45) is 7.25. The Hall–Kier alpha value is -4.24. The minimum Gasteiger partial charge on any atom is -0.298 e. The lowest BCUT2D eigenvalue weighted by Gasteiger charge is -2.51. The largest absolute Gasteiger partial charge is 0.298 e. The number of hydrogen-bond donors (Lipinski definition) is 0. The molecule has 1 unspecified atom stereocenters. The number of Topliss-reactive ketones (excluding diaryl/α,β-unsaturated/α-hetero) is 1. The zero-order valence-electron chi connectivity index (χ0n) is 20.9. The highest BCUT2D eigenvalue weighted by atomic mass is 16.1.